The van der Waals surface area contributed by atoms with Crippen LogP contribution in [-0.2, 0) is 4.79 Å². The second-order valence-corrected chi connectivity index (χ2v) is 4.74. The zero-order valence-corrected chi connectivity index (χ0v) is 11.5. The molecule has 0 unspecified atom stereocenters. The van der Waals surface area contributed by atoms with Crippen LogP contribution in [-0.4, -0.2) is 12.5 Å². The van der Waals surface area contributed by atoms with Crippen molar-refractivity contribution in [3.05, 3.63) is 58.6 Å². The van der Waals surface area contributed by atoms with E-state index in [1.165, 1.54) is 0 Å². The minimum absolute atomic E-state index is 0.160. The first-order valence-corrected chi connectivity index (χ1v) is 6.44. The minimum Gasteiger partial charge on any atom is -0.376 e. The molecule has 0 saturated carbocycles. The van der Waals surface area contributed by atoms with Crippen molar-refractivity contribution in [2.24, 2.45) is 0 Å². The highest BCUT2D eigenvalue weighted by Gasteiger charge is 2.06. The lowest BCUT2D eigenvalue weighted by Crippen LogP contribution is -2.21. The average molecular weight is 295 g/mol. The summed E-state index contributed by atoms with van der Waals surface area (Å²) in [5.41, 5.74) is 1.39. The molecular weight excluding hydrogens is 283 g/mol. The number of nitrogens with one attached hydrogen (secondary N) is 2. The summed E-state index contributed by atoms with van der Waals surface area (Å²) in [5, 5.41) is 6.69. The lowest BCUT2D eigenvalue weighted by molar-refractivity contribution is -0.114. The van der Waals surface area contributed by atoms with Crippen molar-refractivity contribution in [3.8, 4) is 0 Å². The van der Waals surface area contributed by atoms with Crippen LogP contribution >= 0.6 is 23.2 Å². The van der Waals surface area contributed by atoms with Gasteiger partial charge in [0, 0.05) is 10.7 Å². The Bertz CT molecular complexity index is 573. The molecule has 2 aromatic carbocycles. The lowest BCUT2D eigenvalue weighted by Gasteiger charge is -2.09. The van der Waals surface area contributed by atoms with Gasteiger partial charge in [0.2, 0.25) is 5.91 Å². The third-order valence-electron chi connectivity index (χ3n) is 2.43. The number of carbonyl (C=O) groups is 1. The van der Waals surface area contributed by atoms with E-state index in [9.17, 15) is 4.79 Å². The largest absolute Gasteiger partial charge is 0.376 e. The molecule has 0 heterocycles. The molecule has 2 N–H and O–H groups in total. The van der Waals surface area contributed by atoms with Gasteiger partial charge in [-0.3, -0.25) is 4.79 Å². The number of anilines is 2. The van der Waals surface area contributed by atoms with Gasteiger partial charge < -0.3 is 10.6 Å². The molecule has 0 spiro atoms. The molecule has 98 valence electrons. The van der Waals surface area contributed by atoms with Crippen molar-refractivity contribution in [3.63, 3.8) is 0 Å². The number of amides is 1. The highest BCUT2D eigenvalue weighted by atomic mass is 35.5. The summed E-state index contributed by atoms with van der Waals surface area (Å²) in [7, 11) is 0. The van der Waals surface area contributed by atoms with E-state index in [-0.39, 0.29) is 12.5 Å². The van der Waals surface area contributed by atoms with Gasteiger partial charge in [-0.2, -0.15) is 0 Å². The Balaban J connectivity index is 1.93. The monoisotopic (exact) mass is 294 g/mol. The molecule has 0 aliphatic heterocycles. The van der Waals surface area contributed by atoms with E-state index in [0.29, 0.717) is 15.7 Å². The van der Waals surface area contributed by atoms with Gasteiger partial charge in [-0.15, -0.1) is 0 Å². The van der Waals surface area contributed by atoms with Crippen LogP contribution in [0.3, 0.4) is 0 Å². The normalized spacial score (nSPS) is 10.0. The van der Waals surface area contributed by atoms with E-state index >= 15 is 0 Å². The van der Waals surface area contributed by atoms with Crippen molar-refractivity contribution in [2.45, 2.75) is 0 Å². The molecule has 19 heavy (non-hydrogen) atoms. The maximum absolute atomic E-state index is 11.8. The van der Waals surface area contributed by atoms with Crippen LogP contribution in [0.2, 0.25) is 10.0 Å². The van der Waals surface area contributed by atoms with Crippen molar-refractivity contribution in [1.82, 2.24) is 0 Å². The summed E-state index contributed by atoms with van der Waals surface area (Å²) in [5.74, 6) is -0.187. The number of rotatable bonds is 4. The molecule has 0 aromatic heterocycles. The average Bonchev–Trinajstić information content (AvgIpc) is 2.42. The van der Waals surface area contributed by atoms with Gasteiger partial charge in [0.25, 0.3) is 0 Å². The molecule has 2 rings (SSSR count). The fourth-order valence-corrected chi connectivity index (χ4v) is 1.86. The number of hydrogen-bond donors (Lipinski definition) is 2. The molecule has 0 fully saturated rings. The fraction of sp³-hybridized carbons (Fsp3) is 0.0714. The maximum Gasteiger partial charge on any atom is 0.243 e. The summed E-state index contributed by atoms with van der Waals surface area (Å²) in [6.45, 7) is 0.160. The third-order valence-corrected chi connectivity index (χ3v) is 2.99. The van der Waals surface area contributed by atoms with Crippen LogP contribution in [0.15, 0.2) is 48.5 Å². The molecular formula is C14H12Cl2N2O. The number of para-hydroxylation sites is 1. The molecule has 0 atom stereocenters. The van der Waals surface area contributed by atoms with Crippen molar-refractivity contribution >= 4 is 40.5 Å². The van der Waals surface area contributed by atoms with Crippen LogP contribution in [0.5, 0.6) is 0 Å². The first-order chi connectivity index (χ1) is 9.15. The van der Waals surface area contributed by atoms with Crippen molar-refractivity contribution in [2.75, 3.05) is 17.2 Å². The molecule has 0 radical (unpaired) electrons. The molecule has 1 amide bonds. The SMILES string of the molecule is O=C(CNc1ccccc1)Nc1cc(Cl)ccc1Cl. The Morgan fingerprint density at radius 3 is 2.53 bits per heavy atom. The molecule has 0 bridgehead atoms. The van der Waals surface area contributed by atoms with Gasteiger partial charge in [-0.05, 0) is 30.3 Å². The van der Waals surface area contributed by atoms with E-state index in [1.807, 2.05) is 30.3 Å². The Kier molecular flexibility index (Phi) is 4.66. The molecule has 0 aliphatic carbocycles. The van der Waals surface area contributed by atoms with Gasteiger partial charge in [-0.1, -0.05) is 41.4 Å². The van der Waals surface area contributed by atoms with Gasteiger partial charge in [-0.25, -0.2) is 0 Å². The van der Waals surface area contributed by atoms with Crippen LogP contribution in [0.1, 0.15) is 0 Å². The molecule has 5 heteroatoms. The first-order valence-electron chi connectivity index (χ1n) is 5.69. The highest BCUT2D eigenvalue weighted by Crippen LogP contribution is 2.25. The minimum atomic E-state index is -0.187. The van der Waals surface area contributed by atoms with E-state index in [0.717, 1.165) is 5.69 Å². The smallest absolute Gasteiger partial charge is 0.243 e. The van der Waals surface area contributed by atoms with Crippen molar-refractivity contribution < 1.29 is 4.79 Å². The number of halogens is 2. The standard InChI is InChI=1S/C14H12Cl2N2O/c15-10-6-7-12(16)13(8-10)18-14(19)9-17-11-4-2-1-3-5-11/h1-8,17H,9H2,(H,18,19). The Morgan fingerprint density at radius 1 is 1.05 bits per heavy atom. The predicted octanol–water partition coefficient (Wildman–Crippen LogP) is 4.04. The van der Waals surface area contributed by atoms with Gasteiger partial charge in [0.05, 0.1) is 17.3 Å². The first kappa shape index (κ1) is 13.7. The van der Waals surface area contributed by atoms with Crippen LogP contribution < -0.4 is 10.6 Å². The molecule has 3 nitrogen and oxygen atoms in total. The maximum atomic E-state index is 11.8. The van der Waals surface area contributed by atoms with Crippen molar-refractivity contribution in [1.29, 1.82) is 0 Å². The zero-order valence-electron chi connectivity index (χ0n) is 9.99. The topological polar surface area (TPSA) is 41.1 Å². The molecule has 2 aromatic rings. The molecule has 0 aliphatic rings. The van der Waals surface area contributed by atoms with E-state index in [4.69, 9.17) is 23.2 Å². The third kappa shape index (κ3) is 4.16. The fourth-order valence-electron chi connectivity index (χ4n) is 1.53. The number of hydrogen-bond acceptors (Lipinski definition) is 2. The van der Waals surface area contributed by atoms with E-state index in [2.05, 4.69) is 10.6 Å². The predicted molar refractivity (Wildman–Crippen MR) is 80.0 cm³/mol. The Hall–Kier alpha value is -1.71. The summed E-state index contributed by atoms with van der Waals surface area (Å²) in [6.07, 6.45) is 0. The van der Waals surface area contributed by atoms with E-state index in [1.54, 1.807) is 18.2 Å². The summed E-state index contributed by atoms with van der Waals surface area (Å²) in [4.78, 5) is 11.8. The summed E-state index contributed by atoms with van der Waals surface area (Å²) >= 11 is 11.8. The Labute approximate surface area is 121 Å². The second-order valence-electron chi connectivity index (χ2n) is 3.89. The van der Waals surface area contributed by atoms with E-state index < -0.39 is 0 Å². The number of benzene rings is 2. The second kappa shape index (κ2) is 6.45. The number of carbonyl (C=O) groups excluding carboxylic acids is 1. The van der Waals surface area contributed by atoms with Gasteiger partial charge in [0.1, 0.15) is 0 Å². The summed E-state index contributed by atoms with van der Waals surface area (Å²) < 4.78 is 0. The zero-order chi connectivity index (χ0) is 13.7. The van der Waals surface area contributed by atoms with Gasteiger partial charge in [0.15, 0.2) is 0 Å². The van der Waals surface area contributed by atoms with Crippen LogP contribution in [0.4, 0.5) is 11.4 Å². The van der Waals surface area contributed by atoms with Crippen LogP contribution in [0.25, 0.3) is 0 Å². The Morgan fingerprint density at radius 2 is 1.79 bits per heavy atom. The lowest BCUT2D eigenvalue weighted by atomic mass is 10.3. The quantitative estimate of drug-likeness (QED) is 0.893. The molecule has 0 saturated heterocycles. The van der Waals surface area contributed by atoms with Gasteiger partial charge >= 0.3 is 0 Å². The summed E-state index contributed by atoms with van der Waals surface area (Å²) in [6, 6.07) is 14.4. The van der Waals surface area contributed by atoms with Crippen LogP contribution in [0, 0.1) is 0 Å². The highest BCUT2D eigenvalue weighted by molar-refractivity contribution is 6.35.